The predicted octanol–water partition coefficient (Wildman–Crippen LogP) is -0.222. The fourth-order valence-corrected chi connectivity index (χ4v) is 4.47. The predicted molar refractivity (Wildman–Crippen MR) is 72.5 cm³/mol. The highest BCUT2D eigenvalue weighted by Gasteiger charge is 2.26. The van der Waals surface area contributed by atoms with Crippen molar-refractivity contribution in [1.82, 2.24) is 14.6 Å². The zero-order chi connectivity index (χ0) is 13.3. The maximum absolute atomic E-state index is 12.2. The minimum atomic E-state index is -3.51. The first-order chi connectivity index (χ1) is 9.15. The molecular formula is C10H16N4O3S2. The molecule has 0 saturated carbocycles. The Morgan fingerprint density at radius 3 is 2.89 bits per heavy atom. The summed E-state index contributed by atoms with van der Waals surface area (Å²) in [6.07, 6.45) is 0.852. The summed E-state index contributed by atoms with van der Waals surface area (Å²) in [7, 11) is -3.51. The second-order valence-electron chi connectivity index (χ2n) is 4.43. The third-order valence-corrected chi connectivity index (χ3v) is 5.77. The Balaban J connectivity index is 1.74. The van der Waals surface area contributed by atoms with Crippen LogP contribution in [0.1, 0.15) is 10.6 Å². The first-order valence-electron chi connectivity index (χ1n) is 6.20. The van der Waals surface area contributed by atoms with Gasteiger partial charge in [-0.05, 0) is 0 Å². The van der Waals surface area contributed by atoms with Crippen molar-refractivity contribution in [2.75, 3.05) is 37.6 Å². The summed E-state index contributed by atoms with van der Waals surface area (Å²) in [6, 6.07) is 0. The van der Waals surface area contributed by atoms with Gasteiger partial charge < -0.3 is 10.1 Å². The SMILES string of the molecule is O=S(=O)(Nc1nc2c(s1)CNCC2)N1CCOCC1. The number of aromatic nitrogens is 1. The van der Waals surface area contributed by atoms with E-state index in [1.54, 1.807) is 0 Å². The van der Waals surface area contributed by atoms with E-state index in [1.165, 1.54) is 15.6 Å². The largest absolute Gasteiger partial charge is 0.379 e. The van der Waals surface area contributed by atoms with Crippen LogP contribution in [0.15, 0.2) is 0 Å². The van der Waals surface area contributed by atoms with Crippen LogP contribution in [0.3, 0.4) is 0 Å². The molecule has 2 N–H and O–H groups in total. The number of anilines is 1. The van der Waals surface area contributed by atoms with E-state index in [2.05, 4.69) is 15.0 Å². The van der Waals surface area contributed by atoms with E-state index >= 15 is 0 Å². The summed E-state index contributed by atoms with van der Waals surface area (Å²) < 4.78 is 33.5. The lowest BCUT2D eigenvalue weighted by molar-refractivity contribution is 0.0733. The Morgan fingerprint density at radius 1 is 1.37 bits per heavy atom. The molecule has 0 spiro atoms. The van der Waals surface area contributed by atoms with Crippen molar-refractivity contribution in [3.8, 4) is 0 Å². The van der Waals surface area contributed by atoms with Gasteiger partial charge in [-0.1, -0.05) is 11.3 Å². The zero-order valence-electron chi connectivity index (χ0n) is 10.4. The maximum atomic E-state index is 12.2. The fourth-order valence-electron chi connectivity index (χ4n) is 2.13. The molecule has 106 valence electrons. The first-order valence-corrected chi connectivity index (χ1v) is 8.46. The molecule has 3 rings (SSSR count). The third kappa shape index (κ3) is 2.90. The lowest BCUT2D eigenvalue weighted by Gasteiger charge is -2.25. The normalized spacial score (nSPS) is 21.1. The van der Waals surface area contributed by atoms with Gasteiger partial charge in [0.25, 0.3) is 0 Å². The van der Waals surface area contributed by atoms with Crippen LogP contribution in [0.2, 0.25) is 0 Å². The molecule has 2 aliphatic rings. The molecule has 0 atom stereocenters. The Hall–Kier alpha value is -0.740. The van der Waals surface area contributed by atoms with Crippen LogP contribution in [-0.2, 0) is 27.9 Å². The smallest absolute Gasteiger partial charge is 0.303 e. The van der Waals surface area contributed by atoms with Gasteiger partial charge in [0.15, 0.2) is 5.13 Å². The minimum Gasteiger partial charge on any atom is -0.379 e. The quantitative estimate of drug-likeness (QED) is 0.806. The minimum absolute atomic E-state index is 0.391. The van der Waals surface area contributed by atoms with Crippen LogP contribution in [-0.4, -0.2) is 50.6 Å². The molecule has 19 heavy (non-hydrogen) atoms. The molecule has 1 fully saturated rings. The number of thiazole rings is 1. The average Bonchev–Trinajstić information content (AvgIpc) is 2.81. The van der Waals surface area contributed by atoms with Crippen molar-refractivity contribution in [2.45, 2.75) is 13.0 Å². The molecule has 9 heteroatoms. The maximum Gasteiger partial charge on any atom is 0.303 e. The number of morpholine rings is 1. The molecule has 1 aromatic heterocycles. The van der Waals surface area contributed by atoms with Crippen molar-refractivity contribution in [1.29, 1.82) is 0 Å². The summed E-state index contributed by atoms with van der Waals surface area (Å²) in [5.41, 5.74) is 1.00. The second-order valence-corrected chi connectivity index (χ2v) is 7.19. The summed E-state index contributed by atoms with van der Waals surface area (Å²) in [4.78, 5) is 5.48. The van der Waals surface area contributed by atoms with E-state index in [9.17, 15) is 8.42 Å². The highest BCUT2D eigenvalue weighted by Crippen LogP contribution is 2.26. The highest BCUT2D eigenvalue weighted by molar-refractivity contribution is 7.90. The second kappa shape index (κ2) is 5.33. The van der Waals surface area contributed by atoms with E-state index in [0.717, 1.165) is 30.1 Å². The summed E-state index contributed by atoms with van der Waals surface area (Å²) in [6.45, 7) is 3.33. The molecule has 0 bridgehead atoms. The van der Waals surface area contributed by atoms with E-state index in [0.29, 0.717) is 31.4 Å². The molecule has 0 aliphatic carbocycles. The number of rotatable bonds is 3. The van der Waals surface area contributed by atoms with Gasteiger partial charge in [-0.25, -0.2) is 9.71 Å². The summed E-state index contributed by atoms with van der Waals surface area (Å²) in [5.74, 6) is 0. The van der Waals surface area contributed by atoms with Gasteiger partial charge in [0, 0.05) is 37.5 Å². The van der Waals surface area contributed by atoms with Crippen LogP contribution in [0.5, 0.6) is 0 Å². The van der Waals surface area contributed by atoms with Gasteiger partial charge in [0.05, 0.1) is 18.9 Å². The van der Waals surface area contributed by atoms with Crippen molar-refractivity contribution < 1.29 is 13.2 Å². The molecule has 0 aromatic carbocycles. The molecule has 0 radical (unpaired) electrons. The number of hydrogen-bond donors (Lipinski definition) is 2. The van der Waals surface area contributed by atoms with E-state index in [1.807, 2.05) is 0 Å². The summed E-state index contributed by atoms with van der Waals surface area (Å²) >= 11 is 1.40. The van der Waals surface area contributed by atoms with Crippen LogP contribution < -0.4 is 10.0 Å². The number of ether oxygens (including phenoxy) is 1. The zero-order valence-corrected chi connectivity index (χ0v) is 12.0. The van der Waals surface area contributed by atoms with Crippen molar-refractivity contribution in [3.05, 3.63) is 10.6 Å². The Labute approximate surface area is 116 Å². The third-order valence-electron chi connectivity index (χ3n) is 3.13. The van der Waals surface area contributed by atoms with Gasteiger partial charge in [-0.15, -0.1) is 0 Å². The fraction of sp³-hybridized carbons (Fsp3) is 0.700. The van der Waals surface area contributed by atoms with Crippen molar-refractivity contribution >= 4 is 26.7 Å². The Kier molecular flexibility index (Phi) is 3.72. The van der Waals surface area contributed by atoms with Crippen LogP contribution in [0.4, 0.5) is 5.13 Å². The van der Waals surface area contributed by atoms with E-state index in [4.69, 9.17) is 4.74 Å². The number of hydrogen-bond acceptors (Lipinski definition) is 6. The number of nitrogens with zero attached hydrogens (tertiary/aromatic N) is 2. The van der Waals surface area contributed by atoms with Gasteiger partial charge in [0.2, 0.25) is 0 Å². The average molecular weight is 304 g/mol. The lowest BCUT2D eigenvalue weighted by atomic mass is 10.2. The van der Waals surface area contributed by atoms with Gasteiger partial charge in [-0.2, -0.15) is 12.7 Å². The number of nitrogens with one attached hydrogen (secondary N) is 2. The van der Waals surface area contributed by atoms with E-state index in [-0.39, 0.29) is 0 Å². The molecule has 0 amide bonds. The van der Waals surface area contributed by atoms with Gasteiger partial charge in [-0.3, -0.25) is 0 Å². The van der Waals surface area contributed by atoms with Crippen molar-refractivity contribution in [3.63, 3.8) is 0 Å². The molecule has 7 nitrogen and oxygen atoms in total. The van der Waals surface area contributed by atoms with E-state index < -0.39 is 10.2 Å². The Bertz CT molecular complexity index is 528. The van der Waals surface area contributed by atoms with Gasteiger partial charge in [0.1, 0.15) is 0 Å². The molecule has 1 saturated heterocycles. The van der Waals surface area contributed by atoms with Crippen LogP contribution in [0, 0.1) is 0 Å². The topological polar surface area (TPSA) is 83.6 Å². The monoisotopic (exact) mass is 304 g/mol. The van der Waals surface area contributed by atoms with Crippen LogP contribution >= 0.6 is 11.3 Å². The summed E-state index contributed by atoms with van der Waals surface area (Å²) in [5, 5.41) is 3.71. The molecule has 0 unspecified atom stereocenters. The molecular weight excluding hydrogens is 288 g/mol. The van der Waals surface area contributed by atoms with Crippen molar-refractivity contribution in [2.24, 2.45) is 0 Å². The molecule has 1 aromatic rings. The lowest BCUT2D eigenvalue weighted by Crippen LogP contribution is -2.43. The Morgan fingerprint density at radius 2 is 2.16 bits per heavy atom. The highest BCUT2D eigenvalue weighted by atomic mass is 32.2. The van der Waals surface area contributed by atoms with Crippen LogP contribution in [0.25, 0.3) is 0 Å². The molecule has 2 aliphatic heterocycles. The van der Waals surface area contributed by atoms with Gasteiger partial charge >= 0.3 is 10.2 Å². The molecule has 3 heterocycles. The standard InChI is InChI=1S/C10H16N4O3S2/c15-19(16,14-3-5-17-6-4-14)13-10-12-8-1-2-11-7-9(8)18-10/h11H,1-7H2,(H,12,13). The first kappa shape index (κ1) is 13.3. The number of fused-ring (bicyclic) bond motifs is 1.